The van der Waals surface area contributed by atoms with Gasteiger partial charge in [0.2, 0.25) is 11.4 Å². The molecule has 0 saturated heterocycles. The lowest BCUT2D eigenvalue weighted by Crippen LogP contribution is -2.46. The molecular formula is C21H18ClF3N4O5. The second-order valence-corrected chi connectivity index (χ2v) is 7.66. The molecule has 1 aromatic heterocycles. The van der Waals surface area contributed by atoms with Crippen LogP contribution in [-0.2, 0) is 12.6 Å². The Morgan fingerprint density at radius 3 is 2.50 bits per heavy atom. The number of alkyl halides is 3. The summed E-state index contributed by atoms with van der Waals surface area (Å²) in [5.41, 5.74) is -3.49. The predicted octanol–water partition coefficient (Wildman–Crippen LogP) is 4.34. The van der Waals surface area contributed by atoms with E-state index < -0.39 is 41.4 Å². The van der Waals surface area contributed by atoms with Gasteiger partial charge in [0.15, 0.2) is 0 Å². The van der Waals surface area contributed by atoms with Gasteiger partial charge in [0.25, 0.3) is 5.91 Å². The Hall–Kier alpha value is -3.64. The van der Waals surface area contributed by atoms with Crippen LogP contribution in [0.2, 0.25) is 5.02 Å². The number of halogens is 4. The van der Waals surface area contributed by atoms with E-state index in [1.165, 1.54) is 49.6 Å². The third-order valence-electron chi connectivity index (χ3n) is 4.89. The number of hydrogen-bond donors (Lipinski definition) is 2. The highest BCUT2D eigenvalue weighted by Gasteiger charge is 2.57. The maximum atomic E-state index is 13.5. The van der Waals surface area contributed by atoms with E-state index in [4.69, 9.17) is 16.3 Å². The molecule has 3 rings (SSSR count). The Balaban J connectivity index is 1.65. The maximum absolute atomic E-state index is 13.5. The van der Waals surface area contributed by atoms with Crippen molar-refractivity contribution >= 4 is 23.2 Å². The first kappa shape index (κ1) is 25.0. The van der Waals surface area contributed by atoms with Crippen molar-refractivity contribution in [2.75, 3.05) is 6.54 Å². The first-order chi connectivity index (χ1) is 15.9. The molecule has 0 spiro atoms. The van der Waals surface area contributed by atoms with Gasteiger partial charge in [-0.15, -0.1) is 0 Å². The zero-order chi connectivity index (χ0) is 25.1. The Bertz CT molecular complexity index is 1200. The van der Waals surface area contributed by atoms with Gasteiger partial charge in [0.1, 0.15) is 11.6 Å². The quantitative estimate of drug-likeness (QED) is 0.352. The van der Waals surface area contributed by atoms with E-state index in [0.717, 1.165) is 16.8 Å². The lowest BCUT2D eigenvalue weighted by atomic mass is 9.97. The van der Waals surface area contributed by atoms with Crippen LogP contribution in [0.15, 0.2) is 54.9 Å². The molecule has 0 aliphatic carbocycles. The van der Waals surface area contributed by atoms with Crippen LogP contribution in [0.25, 0.3) is 0 Å². The summed E-state index contributed by atoms with van der Waals surface area (Å²) in [7, 11) is 1.32. The molecule has 1 unspecified atom stereocenters. The normalized spacial score (nSPS) is 13.2. The van der Waals surface area contributed by atoms with Crippen LogP contribution in [-0.4, -0.2) is 38.2 Å². The summed E-state index contributed by atoms with van der Waals surface area (Å²) in [6.45, 7) is -0.489. The van der Waals surface area contributed by atoms with Gasteiger partial charge >= 0.3 is 11.9 Å². The van der Waals surface area contributed by atoms with Crippen LogP contribution in [0.3, 0.4) is 0 Å². The zero-order valence-corrected chi connectivity index (χ0v) is 18.3. The standard InChI is InChI=1S/C21H18ClF3N4O5/c1-28-11-10-27-19(28)20(31,21(23,24)25)8-9-26-18(30)13-2-5-15(6-3-13)34-17-7-4-14(22)12-16(17)29(32)33/h2-7,10-12,31H,8-9H2,1H3,(H,26,30). The highest BCUT2D eigenvalue weighted by atomic mass is 35.5. The van der Waals surface area contributed by atoms with Gasteiger partial charge in [0, 0.05) is 49.1 Å². The number of rotatable bonds is 8. The topological polar surface area (TPSA) is 120 Å². The number of imidazole rings is 1. The van der Waals surface area contributed by atoms with E-state index in [1.54, 1.807) is 0 Å². The summed E-state index contributed by atoms with van der Waals surface area (Å²) in [6, 6.07) is 9.28. The summed E-state index contributed by atoms with van der Waals surface area (Å²) in [5, 5.41) is 23.9. The molecule has 0 bridgehead atoms. The van der Waals surface area contributed by atoms with Gasteiger partial charge < -0.3 is 19.7 Å². The Morgan fingerprint density at radius 1 is 1.26 bits per heavy atom. The van der Waals surface area contributed by atoms with E-state index in [9.17, 15) is 33.2 Å². The molecule has 1 amide bonds. The fourth-order valence-corrected chi connectivity index (χ4v) is 3.29. The second kappa shape index (κ2) is 9.69. The molecule has 2 aromatic carbocycles. The molecule has 13 heteroatoms. The fourth-order valence-electron chi connectivity index (χ4n) is 3.12. The van der Waals surface area contributed by atoms with Crippen molar-refractivity contribution in [3.05, 3.63) is 81.4 Å². The SMILES string of the molecule is Cn1ccnc1C(O)(CCNC(=O)c1ccc(Oc2ccc(Cl)cc2[N+](=O)[O-])cc1)C(F)(F)F. The van der Waals surface area contributed by atoms with E-state index in [1.807, 2.05) is 0 Å². The number of nitro groups is 1. The summed E-state index contributed by atoms with van der Waals surface area (Å²) in [4.78, 5) is 26.4. The van der Waals surface area contributed by atoms with Crippen molar-refractivity contribution < 1.29 is 32.7 Å². The molecule has 1 atom stereocenters. The summed E-state index contributed by atoms with van der Waals surface area (Å²) < 4.78 is 47.1. The molecule has 0 saturated carbocycles. The highest BCUT2D eigenvalue weighted by molar-refractivity contribution is 6.30. The van der Waals surface area contributed by atoms with Crippen LogP contribution in [0.5, 0.6) is 11.5 Å². The van der Waals surface area contributed by atoms with E-state index in [-0.39, 0.29) is 27.8 Å². The molecule has 0 radical (unpaired) electrons. The highest BCUT2D eigenvalue weighted by Crippen LogP contribution is 2.40. The third kappa shape index (κ3) is 5.29. The van der Waals surface area contributed by atoms with E-state index >= 15 is 0 Å². The molecule has 34 heavy (non-hydrogen) atoms. The lowest BCUT2D eigenvalue weighted by Gasteiger charge is -2.29. The number of nitro benzene ring substituents is 1. The monoisotopic (exact) mass is 498 g/mol. The minimum Gasteiger partial charge on any atom is -0.450 e. The first-order valence-electron chi connectivity index (χ1n) is 9.69. The molecule has 180 valence electrons. The van der Waals surface area contributed by atoms with Crippen LogP contribution >= 0.6 is 11.6 Å². The fraction of sp³-hybridized carbons (Fsp3) is 0.238. The molecule has 0 aliphatic heterocycles. The number of carbonyl (C=O) groups excluding carboxylic acids is 1. The van der Waals surface area contributed by atoms with Crippen LogP contribution in [0.1, 0.15) is 22.6 Å². The molecule has 0 fully saturated rings. The van der Waals surface area contributed by atoms with Crippen LogP contribution in [0.4, 0.5) is 18.9 Å². The molecule has 0 aliphatic rings. The van der Waals surface area contributed by atoms with Crippen LogP contribution < -0.4 is 10.1 Å². The van der Waals surface area contributed by atoms with Crippen molar-refractivity contribution in [3.8, 4) is 11.5 Å². The van der Waals surface area contributed by atoms with Gasteiger partial charge in [-0.05, 0) is 36.4 Å². The van der Waals surface area contributed by atoms with Crippen molar-refractivity contribution in [1.82, 2.24) is 14.9 Å². The van der Waals surface area contributed by atoms with Gasteiger partial charge in [-0.1, -0.05) is 11.6 Å². The largest absolute Gasteiger partial charge is 0.450 e. The number of aromatic nitrogens is 2. The van der Waals surface area contributed by atoms with Crippen molar-refractivity contribution in [2.45, 2.75) is 18.2 Å². The van der Waals surface area contributed by atoms with Gasteiger partial charge in [-0.25, -0.2) is 4.98 Å². The average molecular weight is 499 g/mol. The first-order valence-corrected chi connectivity index (χ1v) is 10.1. The maximum Gasteiger partial charge on any atom is 0.424 e. The Labute approximate surface area is 195 Å². The lowest BCUT2D eigenvalue weighted by molar-refractivity contribution is -0.385. The number of nitrogens with zero attached hydrogens (tertiary/aromatic N) is 3. The number of aliphatic hydroxyl groups is 1. The molecule has 2 N–H and O–H groups in total. The Morgan fingerprint density at radius 2 is 1.94 bits per heavy atom. The number of ether oxygens (including phenoxy) is 1. The smallest absolute Gasteiger partial charge is 0.424 e. The van der Waals surface area contributed by atoms with Gasteiger partial charge in [-0.2, -0.15) is 13.2 Å². The number of carbonyl (C=O) groups is 1. The van der Waals surface area contributed by atoms with Crippen molar-refractivity contribution in [3.63, 3.8) is 0 Å². The predicted molar refractivity (Wildman–Crippen MR) is 115 cm³/mol. The molecule has 1 heterocycles. The van der Waals surface area contributed by atoms with Crippen molar-refractivity contribution in [2.24, 2.45) is 7.05 Å². The summed E-state index contributed by atoms with van der Waals surface area (Å²) in [5.74, 6) is -1.16. The summed E-state index contributed by atoms with van der Waals surface area (Å²) >= 11 is 5.76. The summed E-state index contributed by atoms with van der Waals surface area (Å²) in [6.07, 6.45) is -3.46. The number of aryl methyl sites for hydroxylation is 1. The van der Waals surface area contributed by atoms with E-state index in [2.05, 4.69) is 10.3 Å². The van der Waals surface area contributed by atoms with E-state index in [0.29, 0.717) is 0 Å². The number of hydrogen-bond acceptors (Lipinski definition) is 6. The van der Waals surface area contributed by atoms with Gasteiger partial charge in [-0.3, -0.25) is 14.9 Å². The minimum absolute atomic E-state index is 0.0627. The third-order valence-corrected chi connectivity index (χ3v) is 5.13. The molecular weight excluding hydrogens is 481 g/mol. The molecule has 3 aromatic rings. The second-order valence-electron chi connectivity index (χ2n) is 7.22. The molecule has 9 nitrogen and oxygen atoms in total. The minimum atomic E-state index is -5.01. The number of benzene rings is 2. The zero-order valence-electron chi connectivity index (χ0n) is 17.5. The number of amides is 1. The van der Waals surface area contributed by atoms with Gasteiger partial charge in [0.05, 0.1) is 4.92 Å². The Kier molecular flexibility index (Phi) is 7.12. The van der Waals surface area contributed by atoms with Crippen LogP contribution in [0, 0.1) is 10.1 Å². The van der Waals surface area contributed by atoms with Crippen molar-refractivity contribution in [1.29, 1.82) is 0 Å². The number of nitrogens with one attached hydrogen (secondary N) is 1. The average Bonchev–Trinajstić information content (AvgIpc) is 3.20.